The first-order valence-corrected chi connectivity index (χ1v) is 16.7. The fourth-order valence-corrected chi connectivity index (χ4v) is 8.22. The lowest BCUT2D eigenvalue weighted by molar-refractivity contribution is 0.0700. The van der Waals surface area contributed by atoms with Crippen LogP contribution in [0.4, 0.5) is 5.69 Å². The number of piperidine rings is 1. The van der Waals surface area contributed by atoms with Gasteiger partial charge < -0.3 is 29.4 Å². The van der Waals surface area contributed by atoms with Crippen LogP contribution in [0.25, 0.3) is 33.6 Å². The van der Waals surface area contributed by atoms with Crippen molar-refractivity contribution in [3.8, 4) is 23.3 Å². The normalized spacial score (nSPS) is 22.3. The van der Waals surface area contributed by atoms with Gasteiger partial charge in [0, 0.05) is 74.1 Å². The van der Waals surface area contributed by atoms with Crippen LogP contribution in [0.1, 0.15) is 41.7 Å². The van der Waals surface area contributed by atoms with Crippen LogP contribution in [-0.2, 0) is 13.1 Å². The quantitative estimate of drug-likeness (QED) is 0.267. The predicted molar refractivity (Wildman–Crippen MR) is 178 cm³/mol. The van der Waals surface area contributed by atoms with Crippen LogP contribution in [0.5, 0.6) is 5.75 Å². The number of carbonyl (C=O) groups excluding carboxylic acids is 1. The molecule has 6 heterocycles. The van der Waals surface area contributed by atoms with Gasteiger partial charge in [-0.1, -0.05) is 0 Å². The smallest absolute Gasteiger partial charge is 0.254 e. The Morgan fingerprint density at radius 1 is 1.00 bits per heavy atom. The molecule has 2 bridgehead atoms. The Morgan fingerprint density at radius 3 is 2.55 bits per heavy atom. The predicted octanol–water partition coefficient (Wildman–Crippen LogP) is 4.44. The molecule has 2 N–H and O–H groups in total. The molecule has 0 spiro atoms. The van der Waals surface area contributed by atoms with E-state index in [9.17, 15) is 10.1 Å². The number of nitriles is 1. The fourth-order valence-electron chi connectivity index (χ4n) is 8.22. The summed E-state index contributed by atoms with van der Waals surface area (Å²) >= 11 is 0. The van der Waals surface area contributed by atoms with E-state index in [1.54, 1.807) is 13.3 Å². The van der Waals surface area contributed by atoms with Gasteiger partial charge in [0.15, 0.2) is 11.5 Å². The van der Waals surface area contributed by atoms with Gasteiger partial charge in [-0.25, -0.2) is 15.0 Å². The number of imidazole rings is 1. The second-order valence-corrected chi connectivity index (χ2v) is 13.8. The van der Waals surface area contributed by atoms with E-state index in [2.05, 4.69) is 37.2 Å². The molecule has 4 aromatic heterocycles. The zero-order chi connectivity index (χ0) is 31.8. The summed E-state index contributed by atoms with van der Waals surface area (Å²) in [5.74, 6) is 2.80. The highest BCUT2D eigenvalue weighted by Gasteiger charge is 2.47. The van der Waals surface area contributed by atoms with Crippen molar-refractivity contribution in [2.45, 2.75) is 50.9 Å². The van der Waals surface area contributed by atoms with Gasteiger partial charge >= 0.3 is 0 Å². The molecule has 5 aromatic rings. The van der Waals surface area contributed by atoms with Crippen molar-refractivity contribution >= 4 is 33.7 Å². The summed E-state index contributed by atoms with van der Waals surface area (Å²) in [5, 5.41) is 10.7. The van der Waals surface area contributed by atoms with Gasteiger partial charge in [-0.3, -0.25) is 4.79 Å². The van der Waals surface area contributed by atoms with E-state index >= 15 is 0 Å². The monoisotopic (exact) mass is 627 g/mol. The lowest BCUT2D eigenvalue weighted by atomic mass is 9.98. The highest BCUT2D eigenvalue weighted by molar-refractivity contribution is 6.00. The van der Waals surface area contributed by atoms with Crippen LogP contribution in [0.3, 0.4) is 0 Å². The number of rotatable bonds is 8. The third-order valence-electron chi connectivity index (χ3n) is 10.8. The molecular weight excluding hydrogens is 590 g/mol. The average molecular weight is 628 g/mol. The van der Waals surface area contributed by atoms with Crippen LogP contribution in [0.2, 0.25) is 0 Å². The van der Waals surface area contributed by atoms with Crippen molar-refractivity contribution in [1.29, 1.82) is 5.26 Å². The summed E-state index contributed by atoms with van der Waals surface area (Å²) in [5.41, 5.74) is 12.0. The lowest BCUT2D eigenvalue weighted by Crippen LogP contribution is -2.49. The Balaban J connectivity index is 1.14. The van der Waals surface area contributed by atoms with Gasteiger partial charge in [-0.05, 0) is 80.0 Å². The SMILES string of the molecule is COc1cc(C(=O)N2C[C@H]3CC[C@@H]2[C@@H]3N)cc2nc(-c3cc4cccnc4n3CC3CC3)n(CC3CN(c4cccnc4C#N)C3)c12. The van der Waals surface area contributed by atoms with Crippen molar-refractivity contribution in [2.24, 2.45) is 23.5 Å². The van der Waals surface area contributed by atoms with E-state index in [0.717, 1.165) is 71.7 Å². The molecule has 11 nitrogen and oxygen atoms in total. The standard InChI is InChI=1S/C36H37N9O2/c1-47-31-14-25(36(46)44-20-24-8-9-29(44)32(24)38)12-26-33(31)45(19-22-16-42(17-22)28-5-3-10-39-27(28)15-37)35(41-26)30-13-23-4-2-11-40-34(23)43(30)18-21-6-7-21/h2-5,10-14,21-22,24,29,32H,6-9,16-20,38H2,1H3/t24-,29-,32-/m1/s1. The Bertz CT molecular complexity index is 2080. The fraction of sp³-hybridized carbons (Fsp3) is 0.417. The number of amides is 1. The molecule has 47 heavy (non-hydrogen) atoms. The minimum absolute atomic E-state index is 0.00426. The third-order valence-corrected chi connectivity index (χ3v) is 10.8. The Kier molecular flexibility index (Phi) is 6.51. The maximum atomic E-state index is 13.9. The molecule has 4 fully saturated rings. The molecule has 2 saturated carbocycles. The largest absolute Gasteiger partial charge is 0.494 e. The van der Waals surface area contributed by atoms with Crippen LogP contribution >= 0.6 is 0 Å². The number of pyridine rings is 2. The first kappa shape index (κ1) is 28.3. The summed E-state index contributed by atoms with van der Waals surface area (Å²) in [4.78, 5) is 32.5. The van der Waals surface area contributed by atoms with Crippen molar-refractivity contribution in [3.63, 3.8) is 0 Å². The zero-order valence-corrected chi connectivity index (χ0v) is 26.4. The molecule has 238 valence electrons. The Labute approximate surface area is 272 Å². The summed E-state index contributed by atoms with van der Waals surface area (Å²) in [6.07, 6.45) is 8.01. The number of anilines is 1. The topological polar surface area (TPSA) is 131 Å². The number of benzene rings is 1. The van der Waals surface area contributed by atoms with E-state index in [0.29, 0.717) is 47.9 Å². The summed E-state index contributed by atoms with van der Waals surface area (Å²) in [6, 6.07) is 16.3. The summed E-state index contributed by atoms with van der Waals surface area (Å²) in [6.45, 7) is 3.90. The van der Waals surface area contributed by atoms with Crippen molar-refractivity contribution < 1.29 is 9.53 Å². The number of aromatic nitrogens is 5. The Morgan fingerprint density at radius 2 is 1.81 bits per heavy atom. The first-order chi connectivity index (χ1) is 23.0. The maximum absolute atomic E-state index is 13.9. The second-order valence-electron chi connectivity index (χ2n) is 13.8. The molecule has 3 atom stereocenters. The number of ether oxygens (including phenoxy) is 1. The average Bonchev–Trinajstić information content (AvgIpc) is 3.44. The molecule has 1 amide bonds. The number of hydrogen-bond acceptors (Lipinski definition) is 8. The molecule has 4 aliphatic rings. The highest BCUT2D eigenvalue weighted by Crippen LogP contribution is 2.41. The molecular formula is C36H37N9O2. The van der Waals surface area contributed by atoms with Crippen LogP contribution < -0.4 is 15.4 Å². The third kappa shape index (κ3) is 4.57. The number of nitrogens with zero attached hydrogens (tertiary/aromatic N) is 8. The maximum Gasteiger partial charge on any atom is 0.254 e. The van der Waals surface area contributed by atoms with E-state index in [-0.39, 0.29) is 18.0 Å². The van der Waals surface area contributed by atoms with E-state index in [1.807, 2.05) is 41.4 Å². The van der Waals surface area contributed by atoms with Crippen LogP contribution in [-0.4, -0.2) is 73.7 Å². The van der Waals surface area contributed by atoms with E-state index < -0.39 is 0 Å². The van der Waals surface area contributed by atoms with Gasteiger partial charge in [0.25, 0.3) is 5.91 Å². The molecule has 2 saturated heterocycles. The van der Waals surface area contributed by atoms with Gasteiger partial charge in [-0.2, -0.15) is 5.26 Å². The number of nitrogens with two attached hydrogens (primary N) is 1. The molecule has 2 aliphatic heterocycles. The number of likely N-dealkylation sites (tertiary alicyclic amines) is 1. The number of methoxy groups -OCH3 is 1. The van der Waals surface area contributed by atoms with Crippen LogP contribution in [0, 0.1) is 29.1 Å². The van der Waals surface area contributed by atoms with Gasteiger partial charge in [-0.15, -0.1) is 0 Å². The van der Waals surface area contributed by atoms with Crippen molar-refractivity contribution in [3.05, 3.63) is 66.1 Å². The minimum atomic E-state index is -0.00426. The molecule has 1 aromatic carbocycles. The molecule has 2 aliphatic carbocycles. The zero-order valence-electron chi connectivity index (χ0n) is 26.4. The number of hydrogen-bond donors (Lipinski definition) is 1. The molecule has 0 unspecified atom stereocenters. The van der Waals surface area contributed by atoms with Crippen LogP contribution in [0.15, 0.2) is 54.9 Å². The van der Waals surface area contributed by atoms with E-state index in [4.69, 9.17) is 20.4 Å². The lowest BCUT2D eigenvalue weighted by Gasteiger charge is -2.41. The van der Waals surface area contributed by atoms with Crippen molar-refractivity contribution in [1.82, 2.24) is 29.0 Å². The first-order valence-electron chi connectivity index (χ1n) is 16.7. The van der Waals surface area contributed by atoms with Gasteiger partial charge in [0.2, 0.25) is 0 Å². The second kappa shape index (κ2) is 10.8. The van der Waals surface area contributed by atoms with Gasteiger partial charge in [0.1, 0.15) is 23.0 Å². The highest BCUT2D eigenvalue weighted by atomic mass is 16.5. The number of carbonyl (C=O) groups is 1. The van der Waals surface area contributed by atoms with E-state index in [1.165, 1.54) is 12.8 Å². The molecule has 11 heteroatoms. The number of fused-ring (bicyclic) bond motifs is 4. The van der Waals surface area contributed by atoms with Gasteiger partial charge in [0.05, 0.1) is 24.0 Å². The Hall–Kier alpha value is -4.95. The molecule has 9 rings (SSSR count). The molecule has 0 radical (unpaired) electrons. The summed E-state index contributed by atoms with van der Waals surface area (Å²) in [7, 11) is 1.67. The van der Waals surface area contributed by atoms with Crippen molar-refractivity contribution in [2.75, 3.05) is 31.6 Å². The summed E-state index contributed by atoms with van der Waals surface area (Å²) < 4.78 is 10.7. The minimum Gasteiger partial charge on any atom is -0.494 e.